The number of fused-ring (bicyclic) bond motifs is 1. The minimum absolute atomic E-state index is 0.360. The lowest BCUT2D eigenvalue weighted by Crippen LogP contribution is -2.18. The highest BCUT2D eigenvalue weighted by molar-refractivity contribution is 5.44. The molecule has 98 valence electrons. The van der Waals surface area contributed by atoms with Crippen LogP contribution in [-0.2, 0) is 0 Å². The van der Waals surface area contributed by atoms with Crippen molar-refractivity contribution in [2.24, 2.45) is 5.92 Å². The van der Waals surface area contributed by atoms with Crippen molar-refractivity contribution in [2.75, 3.05) is 13.2 Å². The van der Waals surface area contributed by atoms with Crippen molar-refractivity contribution in [1.29, 1.82) is 0 Å². The Morgan fingerprint density at radius 2 is 1.72 bits per heavy atom. The molecule has 0 spiro atoms. The van der Waals surface area contributed by atoms with Crippen LogP contribution in [0.2, 0.25) is 0 Å². The monoisotopic (exact) mass is 248 g/mol. The summed E-state index contributed by atoms with van der Waals surface area (Å²) >= 11 is 0. The maximum atomic E-state index is 10.5. The zero-order valence-electron chi connectivity index (χ0n) is 10.6. The van der Waals surface area contributed by atoms with Crippen molar-refractivity contribution in [3.8, 4) is 11.5 Å². The Morgan fingerprint density at radius 3 is 2.50 bits per heavy atom. The van der Waals surface area contributed by atoms with E-state index in [9.17, 15) is 5.11 Å². The maximum Gasteiger partial charge on any atom is 0.161 e. The Bertz CT molecular complexity index is 410. The lowest BCUT2D eigenvalue weighted by Gasteiger charge is -2.27. The van der Waals surface area contributed by atoms with Crippen LogP contribution in [0.25, 0.3) is 0 Å². The van der Waals surface area contributed by atoms with Crippen LogP contribution >= 0.6 is 0 Å². The molecule has 0 saturated heterocycles. The van der Waals surface area contributed by atoms with Crippen LogP contribution in [-0.4, -0.2) is 18.3 Å². The molecule has 2 aliphatic rings. The number of rotatable bonds is 2. The van der Waals surface area contributed by atoms with Gasteiger partial charge in [0.25, 0.3) is 0 Å². The van der Waals surface area contributed by atoms with Crippen LogP contribution in [0.15, 0.2) is 18.2 Å². The van der Waals surface area contributed by atoms with E-state index in [1.165, 1.54) is 19.3 Å². The molecule has 0 aromatic heterocycles. The van der Waals surface area contributed by atoms with Crippen LogP contribution in [0.3, 0.4) is 0 Å². The fraction of sp³-hybridized carbons (Fsp3) is 0.600. The van der Waals surface area contributed by atoms with E-state index in [0.717, 1.165) is 29.9 Å². The topological polar surface area (TPSA) is 38.7 Å². The third kappa shape index (κ3) is 2.32. The lowest BCUT2D eigenvalue weighted by atomic mass is 9.83. The zero-order chi connectivity index (χ0) is 12.4. The molecule has 1 aromatic rings. The number of ether oxygens (including phenoxy) is 2. The molecule has 0 amide bonds. The molecule has 1 aromatic carbocycles. The summed E-state index contributed by atoms with van der Waals surface area (Å²) in [5, 5.41) is 10.5. The molecular weight excluding hydrogens is 228 g/mol. The summed E-state index contributed by atoms with van der Waals surface area (Å²) in [5.74, 6) is 1.97. The van der Waals surface area contributed by atoms with Gasteiger partial charge in [-0.3, -0.25) is 0 Å². The molecule has 0 bridgehead atoms. The fourth-order valence-corrected chi connectivity index (χ4v) is 2.97. The second-order valence-electron chi connectivity index (χ2n) is 5.25. The first-order chi connectivity index (χ1) is 8.84. The molecule has 1 unspecified atom stereocenters. The van der Waals surface area contributed by atoms with Crippen molar-refractivity contribution in [1.82, 2.24) is 0 Å². The van der Waals surface area contributed by atoms with E-state index in [0.29, 0.717) is 19.1 Å². The van der Waals surface area contributed by atoms with Gasteiger partial charge in [-0.2, -0.15) is 0 Å². The highest BCUT2D eigenvalue weighted by atomic mass is 16.6. The normalized spacial score (nSPS) is 21.6. The SMILES string of the molecule is OC(c1ccc2c(c1)OCCO2)C1CCCCC1. The Balaban J connectivity index is 1.78. The van der Waals surface area contributed by atoms with Crippen LogP contribution in [0.4, 0.5) is 0 Å². The average Bonchev–Trinajstić information content (AvgIpc) is 2.47. The smallest absolute Gasteiger partial charge is 0.161 e. The fourth-order valence-electron chi connectivity index (χ4n) is 2.97. The van der Waals surface area contributed by atoms with E-state index in [1.807, 2.05) is 18.2 Å². The first-order valence-electron chi connectivity index (χ1n) is 6.92. The first kappa shape index (κ1) is 11.8. The van der Waals surface area contributed by atoms with Gasteiger partial charge in [-0.1, -0.05) is 25.3 Å². The van der Waals surface area contributed by atoms with Crippen molar-refractivity contribution in [3.63, 3.8) is 0 Å². The molecule has 1 saturated carbocycles. The minimum atomic E-state index is -0.360. The first-order valence-corrected chi connectivity index (χ1v) is 6.92. The van der Waals surface area contributed by atoms with Crippen LogP contribution in [0.5, 0.6) is 11.5 Å². The Morgan fingerprint density at radius 1 is 1.00 bits per heavy atom. The summed E-state index contributed by atoms with van der Waals surface area (Å²) in [4.78, 5) is 0. The third-order valence-electron chi connectivity index (χ3n) is 4.00. The summed E-state index contributed by atoms with van der Waals surface area (Å²) in [6.45, 7) is 1.20. The lowest BCUT2D eigenvalue weighted by molar-refractivity contribution is 0.0840. The number of aliphatic hydroxyl groups is 1. The molecule has 18 heavy (non-hydrogen) atoms. The quantitative estimate of drug-likeness (QED) is 0.874. The van der Waals surface area contributed by atoms with Gasteiger partial charge in [-0.05, 0) is 36.5 Å². The molecule has 1 heterocycles. The number of aliphatic hydroxyl groups excluding tert-OH is 1. The number of hydrogen-bond acceptors (Lipinski definition) is 3. The van der Waals surface area contributed by atoms with Gasteiger partial charge in [0.15, 0.2) is 11.5 Å². The van der Waals surface area contributed by atoms with Gasteiger partial charge in [0, 0.05) is 0 Å². The minimum Gasteiger partial charge on any atom is -0.486 e. The van der Waals surface area contributed by atoms with E-state index in [2.05, 4.69) is 0 Å². The summed E-state index contributed by atoms with van der Waals surface area (Å²) in [5.41, 5.74) is 0.964. The molecule has 3 heteroatoms. The summed E-state index contributed by atoms with van der Waals surface area (Å²) in [6, 6.07) is 5.82. The van der Waals surface area contributed by atoms with Crippen LogP contribution < -0.4 is 9.47 Å². The molecule has 3 nitrogen and oxygen atoms in total. The molecule has 1 fully saturated rings. The second-order valence-corrected chi connectivity index (χ2v) is 5.25. The summed E-state index contributed by atoms with van der Waals surface area (Å²) in [7, 11) is 0. The van der Waals surface area contributed by atoms with Crippen LogP contribution in [0, 0.1) is 5.92 Å². The second kappa shape index (κ2) is 5.19. The van der Waals surface area contributed by atoms with Gasteiger partial charge in [0.05, 0.1) is 6.10 Å². The van der Waals surface area contributed by atoms with Gasteiger partial charge >= 0.3 is 0 Å². The zero-order valence-corrected chi connectivity index (χ0v) is 10.6. The highest BCUT2D eigenvalue weighted by Gasteiger charge is 2.24. The maximum absolute atomic E-state index is 10.5. The molecule has 1 atom stereocenters. The Kier molecular flexibility index (Phi) is 3.41. The van der Waals surface area contributed by atoms with Gasteiger partial charge in [-0.15, -0.1) is 0 Å². The average molecular weight is 248 g/mol. The molecule has 1 aliphatic heterocycles. The van der Waals surface area contributed by atoms with Gasteiger partial charge in [-0.25, -0.2) is 0 Å². The van der Waals surface area contributed by atoms with E-state index < -0.39 is 0 Å². The standard InChI is InChI=1S/C15H20O3/c16-15(11-4-2-1-3-5-11)12-6-7-13-14(10-12)18-9-8-17-13/h6-7,10-11,15-16H,1-5,8-9H2. The van der Waals surface area contributed by atoms with Crippen LogP contribution in [0.1, 0.15) is 43.8 Å². The predicted octanol–water partition coefficient (Wildman–Crippen LogP) is 3.07. The van der Waals surface area contributed by atoms with Gasteiger partial charge < -0.3 is 14.6 Å². The van der Waals surface area contributed by atoms with E-state index >= 15 is 0 Å². The molecule has 1 N–H and O–H groups in total. The van der Waals surface area contributed by atoms with E-state index in [4.69, 9.17) is 9.47 Å². The van der Waals surface area contributed by atoms with Gasteiger partial charge in [0.1, 0.15) is 13.2 Å². The Hall–Kier alpha value is -1.22. The van der Waals surface area contributed by atoms with Crippen molar-refractivity contribution in [3.05, 3.63) is 23.8 Å². The molecular formula is C15H20O3. The molecule has 0 radical (unpaired) electrons. The van der Waals surface area contributed by atoms with Crippen molar-refractivity contribution in [2.45, 2.75) is 38.2 Å². The third-order valence-corrected chi connectivity index (χ3v) is 4.00. The largest absolute Gasteiger partial charge is 0.486 e. The number of benzene rings is 1. The van der Waals surface area contributed by atoms with E-state index in [1.54, 1.807) is 0 Å². The van der Waals surface area contributed by atoms with Crippen molar-refractivity contribution >= 4 is 0 Å². The predicted molar refractivity (Wildman–Crippen MR) is 69.0 cm³/mol. The van der Waals surface area contributed by atoms with Crippen molar-refractivity contribution < 1.29 is 14.6 Å². The Labute approximate surface area is 108 Å². The molecule has 1 aliphatic carbocycles. The molecule has 3 rings (SSSR count). The van der Waals surface area contributed by atoms with E-state index in [-0.39, 0.29) is 6.10 Å². The summed E-state index contributed by atoms with van der Waals surface area (Å²) in [6.07, 6.45) is 5.70. The summed E-state index contributed by atoms with van der Waals surface area (Å²) < 4.78 is 11.1. The van der Waals surface area contributed by atoms with Gasteiger partial charge in [0.2, 0.25) is 0 Å². The number of hydrogen-bond donors (Lipinski definition) is 1. The highest BCUT2D eigenvalue weighted by Crippen LogP contribution is 2.38.